The predicted octanol–water partition coefficient (Wildman–Crippen LogP) is 5.56. The van der Waals surface area contributed by atoms with Gasteiger partial charge in [0.05, 0.1) is 5.56 Å². The van der Waals surface area contributed by atoms with Crippen LogP contribution in [0.2, 0.25) is 0 Å². The summed E-state index contributed by atoms with van der Waals surface area (Å²) in [6.45, 7) is 0. The van der Waals surface area contributed by atoms with E-state index in [4.69, 9.17) is 4.74 Å². The van der Waals surface area contributed by atoms with Crippen LogP contribution in [0.25, 0.3) is 6.08 Å². The van der Waals surface area contributed by atoms with E-state index in [1.54, 1.807) is 60.7 Å². The minimum Gasteiger partial charge on any atom is -0.422 e. The number of para-hydroxylation sites is 1. The maximum atomic E-state index is 12.3. The van der Waals surface area contributed by atoms with Gasteiger partial charge >= 0.3 is 5.97 Å². The molecule has 0 unspecified atom stereocenters. The highest BCUT2D eigenvalue weighted by molar-refractivity contribution is 9.10. The van der Waals surface area contributed by atoms with Crippen molar-refractivity contribution in [3.63, 3.8) is 0 Å². The number of benzene rings is 3. The fourth-order valence-corrected chi connectivity index (χ4v) is 2.58. The summed E-state index contributed by atoms with van der Waals surface area (Å²) < 4.78 is 6.38. The summed E-state index contributed by atoms with van der Waals surface area (Å²) in [4.78, 5) is 24.5. The Morgan fingerprint density at radius 1 is 0.769 bits per heavy atom. The molecule has 0 saturated carbocycles. The Morgan fingerprint density at radius 3 is 2.15 bits per heavy atom. The van der Waals surface area contributed by atoms with E-state index in [1.165, 1.54) is 6.08 Å². The maximum Gasteiger partial charge on any atom is 0.343 e. The summed E-state index contributed by atoms with van der Waals surface area (Å²) in [5.41, 5.74) is 1.71. The van der Waals surface area contributed by atoms with Crippen molar-refractivity contribution in [2.45, 2.75) is 0 Å². The molecule has 0 saturated heterocycles. The molecule has 0 N–H and O–H groups in total. The lowest BCUT2D eigenvalue weighted by atomic mass is 10.1. The highest BCUT2D eigenvalue weighted by Gasteiger charge is 2.10. The average Bonchev–Trinajstić information content (AvgIpc) is 2.68. The van der Waals surface area contributed by atoms with Gasteiger partial charge in [0.25, 0.3) is 0 Å². The number of esters is 1. The van der Waals surface area contributed by atoms with Crippen LogP contribution in [0.5, 0.6) is 5.75 Å². The van der Waals surface area contributed by atoms with Crippen molar-refractivity contribution in [2.24, 2.45) is 0 Å². The maximum absolute atomic E-state index is 12.3. The van der Waals surface area contributed by atoms with Gasteiger partial charge in [-0.2, -0.15) is 0 Å². The Balaban J connectivity index is 1.78. The predicted molar refractivity (Wildman–Crippen MR) is 105 cm³/mol. The molecule has 3 nitrogen and oxygen atoms in total. The van der Waals surface area contributed by atoms with Crippen molar-refractivity contribution in [3.8, 4) is 5.75 Å². The molecule has 0 aliphatic heterocycles. The van der Waals surface area contributed by atoms with E-state index in [9.17, 15) is 9.59 Å². The van der Waals surface area contributed by atoms with Gasteiger partial charge < -0.3 is 4.74 Å². The van der Waals surface area contributed by atoms with Crippen molar-refractivity contribution in [2.75, 3.05) is 0 Å². The van der Waals surface area contributed by atoms with Gasteiger partial charge in [0.2, 0.25) is 0 Å². The Kier molecular flexibility index (Phi) is 5.77. The number of ether oxygens (including phenoxy) is 1. The topological polar surface area (TPSA) is 43.4 Å². The zero-order valence-corrected chi connectivity index (χ0v) is 15.3. The molecule has 3 rings (SSSR count). The van der Waals surface area contributed by atoms with E-state index >= 15 is 0 Å². The van der Waals surface area contributed by atoms with Gasteiger partial charge in [0.15, 0.2) is 5.78 Å². The third-order valence-electron chi connectivity index (χ3n) is 3.67. The van der Waals surface area contributed by atoms with Crippen LogP contribution in [0.3, 0.4) is 0 Å². The monoisotopic (exact) mass is 406 g/mol. The zero-order valence-electron chi connectivity index (χ0n) is 13.8. The van der Waals surface area contributed by atoms with E-state index in [-0.39, 0.29) is 5.78 Å². The van der Waals surface area contributed by atoms with E-state index in [0.29, 0.717) is 22.4 Å². The Labute approximate surface area is 160 Å². The number of hydrogen-bond acceptors (Lipinski definition) is 3. The van der Waals surface area contributed by atoms with Gasteiger partial charge in [0.1, 0.15) is 5.75 Å². The molecule has 128 valence electrons. The number of carbonyl (C=O) groups excluding carboxylic acids is 2. The first kappa shape index (κ1) is 17.8. The second-order valence-electron chi connectivity index (χ2n) is 5.50. The minimum atomic E-state index is -0.451. The number of allylic oxidation sites excluding steroid dienone is 1. The van der Waals surface area contributed by atoms with Crippen LogP contribution in [0.4, 0.5) is 0 Å². The molecule has 0 aliphatic carbocycles. The largest absolute Gasteiger partial charge is 0.422 e. The smallest absolute Gasteiger partial charge is 0.343 e. The average molecular weight is 407 g/mol. The van der Waals surface area contributed by atoms with Gasteiger partial charge in [-0.25, -0.2) is 4.79 Å². The summed E-state index contributed by atoms with van der Waals surface area (Å²) in [5.74, 6) is -0.162. The number of halogens is 1. The molecule has 0 aliphatic rings. The second kappa shape index (κ2) is 8.41. The van der Waals surface area contributed by atoms with Crippen LogP contribution in [-0.2, 0) is 0 Å². The van der Waals surface area contributed by atoms with E-state index in [1.807, 2.05) is 24.3 Å². The van der Waals surface area contributed by atoms with Crippen molar-refractivity contribution >= 4 is 33.8 Å². The molecule has 26 heavy (non-hydrogen) atoms. The van der Waals surface area contributed by atoms with Crippen LogP contribution in [0, 0.1) is 0 Å². The molecule has 0 spiro atoms. The van der Waals surface area contributed by atoms with E-state index < -0.39 is 5.97 Å². The van der Waals surface area contributed by atoms with Gasteiger partial charge in [-0.15, -0.1) is 0 Å². The van der Waals surface area contributed by atoms with Crippen LogP contribution in [-0.4, -0.2) is 11.8 Å². The fourth-order valence-electron chi connectivity index (χ4n) is 2.32. The van der Waals surface area contributed by atoms with E-state index in [2.05, 4.69) is 15.9 Å². The highest BCUT2D eigenvalue weighted by atomic mass is 79.9. The van der Waals surface area contributed by atoms with E-state index in [0.717, 1.165) is 4.47 Å². The molecule has 0 aromatic heterocycles. The Bertz CT molecular complexity index is 945. The molecule has 0 bridgehead atoms. The number of ketones is 1. The van der Waals surface area contributed by atoms with Crippen LogP contribution in [0.15, 0.2) is 89.4 Å². The standard InChI is InChI=1S/C22H15BrO3/c23-19-13-10-18(11-14-19)22(25)26-21-9-5-4-8-17(21)12-15-20(24)16-6-2-1-3-7-16/h1-15H. The number of rotatable bonds is 5. The number of hydrogen-bond donors (Lipinski definition) is 0. The lowest BCUT2D eigenvalue weighted by molar-refractivity contribution is 0.0734. The van der Waals surface area contributed by atoms with Crippen molar-refractivity contribution < 1.29 is 14.3 Å². The first-order valence-electron chi connectivity index (χ1n) is 7.98. The molecular formula is C22H15BrO3. The third-order valence-corrected chi connectivity index (χ3v) is 4.20. The van der Waals surface area contributed by atoms with Gasteiger partial charge in [-0.05, 0) is 42.5 Å². The molecule has 3 aromatic rings. The first-order valence-corrected chi connectivity index (χ1v) is 8.77. The SMILES string of the molecule is O=C(C=Cc1ccccc1OC(=O)c1ccc(Br)cc1)c1ccccc1. The summed E-state index contributed by atoms with van der Waals surface area (Å²) in [7, 11) is 0. The number of carbonyl (C=O) groups is 2. The lowest BCUT2D eigenvalue weighted by Crippen LogP contribution is -2.09. The summed E-state index contributed by atoms with van der Waals surface area (Å²) in [6.07, 6.45) is 3.13. The molecule has 0 radical (unpaired) electrons. The molecule has 0 heterocycles. The summed E-state index contributed by atoms with van der Waals surface area (Å²) >= 11 is 3.33. The molecule has 3 aromatic carbocycles. The van der Waals surface area contributed by atoms with Crippen molar-refractivity contribution in [1.29, 1.82) is 0 Å². The van der Waals surface area contributed by atoms with Crippen molar-refractivity contribution in [3.05, 3.63) is 106 Å². The summed E-state index contributed by atoms with van der Waals surface area (Å²) in [6, 6.07) is 23.0. The van der Waals surface area contributed by atoms with Crippen LogP contribution >= 0.6 is 15.9 Å². The molecule has 0 atom stereocenters. The van der Waals surface area contributed by atoms with Crippen LogP contribution in [0.1, 0.15) is 26.3 Å². The molecule has 4 heteroatoms. The Hall–Kier alpha value is -2.98. The quantitative estimate of drug-likeness (QED) is 0.241. The minimum absolute atomic E-state index is 0.111. The first-order chi connectivity index (χ1) is 12.6. The second-order valence-corrected chi connectivity index (χ2v) is 6.41. The van der Waals surface area contributed by atoms with Gasteiger partial charge in [-0.1, -0.05) is 64.5 Å². The fraction of sp³-hybridized carbons (Fsp3) is 0. The normalized spacial score (nSPS) is 10.7. The van der Waals surface area contributed by atoms with Gasteiger partial charge in [0, 0.05) is 15.6 Å². The zero-order chi connectivity index (χ0) is 18.4. The lowest BCUT2D eigenvalue weighted by Gasteiger charge is -2.07. The summed E-state index contributed by atoms with van der Waals surface area (Å²) in [5, 5.41) is 0. The van der Waals surface area contributed by atoms with Gasteiger partial charge in [-0.3, -0.25) is 4.79 Å². The molecule has 0 amide bonds. The highest BCUT2D eigenvalue weighted by Crippen LogP contribution is 2.21. The van der Waals surface area contributed by atoms with Crippen molar-refractivity contribution in [1.82, 2.24) is 0 Å². The van der Waals surface area contributed by atoms with Crippen LogP contribution < -0.4 is 4.74 Å². The molecular weight excluding hydrogens is 392 g/mol. The Morgan fingerprint density at radius 2 is 1.42 bits per heavy atom. The molecule has 0 fully saturated rings. The third kappa shape index (κ3) is 4.55.